The Kier molecular flexibility index (Phi) is 6.41. The van der Waals surface area contributed by atoms with E-state index < -0.39 is 11.9 Å². The van der Waals surface area contributed by atoms with E-state index in [1.54, 1.807) is 36.4 Å². The van der Waals surface area contributed by atoms with Gasteiger partial charge in [0.05, 0.1) is 32.5 Å². The summed E-state index contributed by atoms with van der Waals surface area (Å²) in [4.78, 5) is 23.7. The Balaban J connectivity index is 2.08. The van der Waals surface area contributed by atoms with Crippen molar-refractivity contribution in [3.05, 3.63) is 57.6 Å². The summed E-state index contributed by atoms with van der Waals surface area (Å²) in [5, 5.41) is 0. The number of methoxy groups -OCH3 is 3. The van der Waals surface area contributed by atoms with Gasteiger partial charge >= 0.3 is 11.9 Å². The first-order chi connectivity index (χ1) is 12.0. The molecule has 6 nitrogen and oxygen atoms in total. The van der Waals surface area contributed by atoms with E-state index in [1.165, 1.54) is 21.3 Å². The summed E-state index contributed by atoms with van der Waals surface area (Å²) in [6.07, 6.45) is 0. The van der Waals surface area contributed by atoms with Crippen molar-refractivity contribution in [3.8, 4) is 11.5 Å². The van der Waals surface area contributed by atoms with Crippen molar-refractivity contribution >= 4 is 27.9 Å². The Hall–Kier alpha value is -2.54. The molecule has 0 aliphatic rings. The smallest absolute Gasteiger partial charge is 0.338 e. The molecule has 7 heteroatoms. The highest BCUT2D eigenvalue weighted by molar-refractivity contribution is 9.10. The van der Waals surface area contributed by atoms with Crippen LogP contribution in [0, 0.1) is 0 Å². The minimum Gasteiger partial charge on any atom is -0.495 e. The van der Waals surface area contributed by atoms with Crippen LogP contribution in [0.25, 0.3) is 0 Å². The molecule has 0 aromatic heterocycles. The van der Waals surface area contributed by atoms with Crippen LogP contribution in [0.4, 0.5) is 0 Å². The highest BCUT2D eigenvalue weighted by Crippen LogP contribution is 2.35. The molecule has 0 saturated carbocycles. The van der Waals surface area contributed by atoms with Gasteiger partial charge in [0.15, 0.2) is 0 Å². The predicted molar refractivity (Wildman–Crippen MR) is 94.1 cm³/mol. The molecular formula is C18H17BrO6. The molecule has 0 unspecified atom stereocenters. The zero-order valence-electron chi connectivity index (χ0n) is 14.0. The fraction of sp³-hybridized carbons (Fsp3) is 0.222. The van der Waals surface area contributed by atoms with E-state index in [-0.39, 0.29) is 6.61 Å². The molecule has 2 rings (SSSR count). The highest BCUT2D eigenvalue weighted by atomic mass is 79.9. The lowest BCUT2D eigenvalue weighted by molar-refractivity contribution is 0.0470. The van der Waals surface area contributed by atoms with Gasteiger partial charge in [0, 0.05) is 0 Å². The fourth-order valence-corrected chi connectivity index (χ4v) is 2.63. The Bertz CT molecular complexity index is 745. The summed E-state index contributed by atoms with van der Waals surface area (Å²) in [5.41, 5.74) is 1.49. The molecule has 0 N–H and O–H groups in total. The summed E-state index contributed by atoms with van der Waals surface area (Å²) in [5.74, 6) is 0.00111. The van der Waals surface area contributed by atoms with Crippen LogP contribution < -0.4 is 9.47 Å². The van der Waals surface area contributed by atoms with Gasteiger partial charge in [-0.2, -0.15) is 0 Å². The predicted octanol–water partition coefficient (Wildman–Crippen LogP) is 3.61. The molecule has 0 spiro atoms. The minimum atomic E-state index is -0.513. The van der Waals surface area contributed by atoms with Crippen molar-refractivity contribution < 1.29 is 28.5 Å². The Labute approximate surface area is 153 Å². The maximum absolute atomic E-state index is 12.3. The Morgan fingerprint density at radius 3 is 1.92 bits per heavy atom. The third-order valence-electron chi connectivity index (χ3n) is 3.43. The van der Waals surface area contributed by atoms with Crippen molar-refractivity contribution in [2.45, 2.75) is 6.61 Å². The van der Waals surface area contributed by atoms with Gasteiger partial charge in [0.25, 0.3) is 0 Å². The summed E-state index contributed by atoms with van der Waals surface area (Å²) in [6, 6.07) is 9.75. The molecular weight excluding hydrogens is 392 g/mol. The maximum atomic E-state index is 12.3. The van der Waals surface area contributed by atoms with Crippen LogP contribution in [0.1, 0.15) is 26.3 Å². The average molecular weight is 409 g/mol. The van der Waals surface area contributed by atoms with Gasteiger partial charge in [-0.05, 0) is 45.8 Å². The Morgan fingerprint density at radius 2 is 1.44 bits per heavy atom. The van der Waals surface area contributed by atoms with Gasteiger partial charge in [-0.1, -0.05) is 12.1 Å². The van der Waals surface area contributed by atoms with Crippen LogP contribution >= 0.6 is 15.9 Å². The number of esters is 2. The molecule has 0 saturated heterocycles. The van der Waals surface area contributed by atoms with Crippen LogP contribution in [-0.2, 0) is 16.1 Å². The molecule has 0 radical (unpaired) electrons. The van der Waals surface area contributed by atoms with Crippen molar-refractivity contribution in [2.75, 3.05) is 21.3 Å². The molecule has 0 fully saturated rings. The van der Waals surface area contributed by atoms with Crippen molar-refractivity contribution in [1.82, 2.24) is 0 Å². The number of halogens is 1. The lowest BCUT2D eigenvalue weighted by Gasteiger charge is -2.11. The highest BCUT2D eigenvalue weighted by Gasteiger charge is 2.16. The first kappa shape index (κ1) is 18.8. The monoisotopic (exact) mass is 408 g/mol. The lowest BCUT2D eigenvalue weighted by atomic mass is 10.1. The third kappa shape index (κ3) is 4.51. The summed E-state index contributed by atoms with van der Waals surface area (Å²) in [6.45, 7) is 0.0704. The zero-order chi connectivity index (χ0) is 18.4. The number of rotatable bonds is 6. The number of carbonyl (C=O) groups is 2. The van der Waals surface area contributed by atoms with E-state index in [2.05, 4.69) is 20.7 Å². The van der Waals surface area contributed by atoms with Crippen LogP contribution in [0.15, 0.2) is 40.9 Å². The van der Waals surface area contributed by atoms with Gasteiger partial charge in [-0.15, -0.1) is 0 Å². The molecule has 0 atom stereocenters. The Morgan fingerprint density at radius 1 is 0.880 bits per heavy atom. The number of hydrogen-bond acceptors (Lipinski definition) is 6. The molecule has 2 aromatic carbocycles. The van der Waals surface area contributed by atoms with E-state index in [1.807, 2.05) is 0 Å². The van der Waals surface area contributed by atoms with Gasteiger partial charge in [0.1, 0.15) is 22.6 Å². The number of benzene rings is 2. The van der Waals surface area contributed by atoms with Crippen LogP contribution in [-0.4, -0.2) is 33.3 Å². The maximum Gasteiger partial charge on any atom is 0.338 e. The molecule has 132 valence electrons. The first-order valence-corrected chi connectivity index (χ1v) is 8.05. The number of ether oxygens (including phenoxy) is 4. The first-order valence-electron chi connectivity index (χ1n) is 7.26. The van der Waals surface area contributed by atoms with Crippen LogP contribution in [0.3, 0.4) is 0 Å². The van der Waals surface area contributed by atoms with Crippen LogP contribution in [0.5, 0.6) is 11.5 Å². The normalized spacial score (nSPS) is 10.1. The molecule has 0 aliphatic carbocycles. The quantitative estimate of drug-likeness (QED) is 0.679. The van der Waals surface area contributed by atoms with Gasteiger partial charge in [-0.3, -0.25) is 0 Å². The SMILES string of the molecule is COC(=O)c1ccc(COC(=O)c2cc(OC)c(Br)c(OC)c2)cc1. The van der Waals surface area contributed by atoms with E-state index in [0.717, 1.165) is 5.56 Å². The lowest BCUT2D eigenvalue weighted by Crippen LogP contribution is -2.07. The van der Waals surface area contributed by atoms with Gasteiger partial charge < -0.3 is 18.9 Å². The molecule has 2 aromatic rings. The van der Waals surface area contributed by atoms with E-state index in [9.17, 15) is 9.59 Å². The molecule has 0 aliphatic heterocycles. The van der Waals surface area contributed by atoms with Gasteiger partial charge in [-0.25, -0.2) is 9.59 Å². The van der Waals surface area contributed by atoms with E-state index in [0.29, 0.717) is 27.1 Å². The average Bonchev–Trinajstić information content (AvgIpc) is 2.66. The summed E-state index contributed by atoms with van der Waals surface area (Å²) in [7, 11) is 4.31. The second kappa shape index (κ2) is 8.53. The largest absolute Gasteiger partial charge is 0.495 e. The number of hydrogen-bond donors (Lipinski definition) is 0. The second-order valence-corrected chi connectivity index (χ2v) is 5.75. The molecule has 25 heavy (non-hydrogen) atoms. The van der Waals surface area contributed by atoms with E-state index >= 15 is 0 Å². The van der Waals surface area contributed by atoms with Crippen LogP contribution in [0.2, 0.25) is 0 Å². The summed E-state index contributed by atoms with van der Waals surface area (Å²) < 4.78 is 21.0. The third-order valence-corrected chi connectivity index (χ3v) is 4.21. The molecule has 0 heterocycles. The standard InChI is InChI=1S/C18H17BrO6/c1-22-14-8-13(9-15(23-2)16(14)19)18(21)25-10-11-4-6-12(7-5-11)17(20)24-3/h4-9H,10H2,1-3H3. The molecule has 0 amide bonds. The second-order valence-electron chi connectivity index (χ2n) is 4.96. The van der Waals surface area contributed by atoms with Crippen molar-refractivity contribution in [3.63, 3.8) is 0 Å². The van der Waals surface area contributed by atoms with Crippen molar-refractivity contribution in [2.24, 2.45) is 0 Å². The zero-order valence-corrected chi connectivity index (χ0v) is 15.6. The molecule has 0 bridgehead atoms. The topological polar surface area (TPSA) is 71.1 Å². The van der Waals surface area contributed by atoms with Gasteiger partial charge in [0.2, 0.25) is 0 Å². The number of carbonyl (C=O) groups excluding carboxylic acids is 2. The minimum absolute atomic E-state index is 0.0704. The van der Waals surface area contributed by atoms with E-state index in [4.69, 9.17) is 14.2 Å². The fourth-order valence-electron chi connectivity index (χ4n) is 2.07. The summed E-state index contributed by atoms with van der Waals surface area (Å²) >= 11 is 3.35. The van der Waals surface area contributed by atoms with Crippen molar-refractivity contribution in [1.29, 1.82) is 0 Å².